The lowest BCUT2D eigenvalue weighted by Gasteiger charge is -2.20. The summed E-state index contributed by atoms with van der Waals surface area (Å²) in [6, 6.07) is 3.89. The summed E-state index contributed by atoms with van der Waals surface area (Å²) < 4.78 is 34.5. The van der Waals surface area contributed by atoms with Crippen molar-refractivity contribution < 1.29 is 32.1 Å². The molecule has 0 N–H and O–H groups in total. The predicted molar refractivity (Wildman–Crippen MR) is 67.5 cm³/mol. The molecular weight excluding hydrogens is 290 g/mol. The summed E-state index contributed by atoms with van der Waals surface area (Å²) in [5.41, 5.74) is 0.271. The van der Waals surface area contributed by atoms with E-state index < -0.39 is 23.3 Å². The fourth-order valence-corrected chi connectivity index (χ4v) is 1.67. The molecule has 0 fully saturated rings. The highest BCUT2D eigenvalue weighted by Crippen LogP contribution is 2.20. The highest BCUT2D eigenvalue weighted by atomic mass is 32.2. The van der Waals surface area contributed by atoms with Gasteiger partial charge in [0.2, 0.25) is 0 Å². The second-order valence-electron chi connectivity index (χ2n) is 3.53. The van der Waals surface area contributed by atoms with Gasteiger partial charge in [0.15, 0.2) is 0 Å². The van der Waals surface area contributed by atoms with Gasteiger partial charge in [-0.3, -0.25) is 0 Å². The average Bonchev–Trinajstić information content (AvgIpc) is 2.44. The number of methoxy groups -OCH3 is 2. The van der Waals surface area contributed by atoms with E-state index in [9.17, 15) is 18.4 Å². The van der Waals surface area contributed by atoms with Crippen molar-refractivity contribution in [3.63, 3.8) is 0 Å². The Kier molecular flexibility index (Phi) is 5.62. The summed E-state index contributed by atoms with van der Waals surface area (Å²) in [5.74, 6) is -1.37. The maximum Gasteiger partial charge on any atom is 0.337 e. The molecule has 8 nitrogen and oxygen atoms in total. The van der Waals surface area contributed by atoms with Gasteiger partial charge in [0.05, 0.1) is 31.0 Å². The molecule has 1 rings (SSSR count). The van der Waals surface area contributed by atoms with Crippen LogP contribution in [0.3, 0.4) is 0 Å². The van der Waals surface area contributed by atoms with E-state index in [1.165, 1.54) is 39.5 Å². The van der Waals surface area contributed by atoms with E-state index in [4.69, 9.17) is 0 Å². The lowest BCUT2D eigenvalue weighted by atomic mass is 10.1. The van der Waals surface area contributed by atoms with E-state index in [1.807, 2.05) is 0 Å². The molecule has 0 aromatic heterocycles. The Morgan fingerprint density at radius 1 is 1.10 bits per heavy atom. The van der Waals surface area contributed by atoms with E-state index >= 15 is 0 Å². The fraction of sp³-hybridized carbons (Fsp3) is 0.273. The van der Waals surface area contributed by atoms with Crippen molar-refractivity contribution in [1.82, 2.24) is 0 Å². The number of carbonyl (C=O) groups excluding carboxylic acids is 2. The Bertz CT molecular complexity index is 511. The van der Waals surface area contributed by atoms with Crippen LogP contribution >= 0.6 is 0 Å². The number of anilines is 1. The van der Waals surface area contributed by atoms with Gasteiger partial charge in [-0.25, -0.2) is 18.9 Å². The number of nitrogens with zero attached hydrogens (tertiary/aromatic N) is 1. The third-order valence-corrected chi connectivity index (χ3v) is 2.64. The van der Waals surface area contributed by atoms with Crippen molar-refractivity contribution in [2.24, 2.45) is 0 Å². The largest absolute Gasteiger partial charge is 0.748 e. The average molecular weight is 302 g/mol. The van der Waals surface area contributed by atoms with Gasteiger partial charge in [0.1, 0.15) is 11.4 Å². The van der Waals surface area contributed by atoms with Crippen LogP contribution in [0.4, 0.5) is 5.69 Å². The minimum Gasteiger partial charge on any atom is -0.748 e. The number of hydrogen-bond donors (Lipinski definition) is 0. The van der Waals surface area contributed by atoms with Crippen LogP contribution in [0.5, 0.6) is 0 Å². The van der Waals surface area contributed by atoms with Crippen LogP contribution in [-0.4, -0.2) is 42.0 Å². The first-order chi connectivity index (χ1) is 9.38. The van der Waals surface area contributed by atoms with Gasteiger partial charge in [0, 0.05) is 7.05 Å². The third-order valence-electron chi connectivity index (χ3n) is 2.30. The molecule has 0 aliphatic rings. The molecule has 0 bridgehead atoms. The smallest absolute Gasteiger partial charge is 0.337 e. The van der Waals surface area contributed by atoms with Crippen molar-refractivity contribution >= 4 is 29.0 Å². The zero-order valence-corrected chi connectivity index (χ0v) is 11.8. The lowest BCUT2D eigenvalue weighted by Crippen LogP contribution is -2.20. The quantitative estimate of drug-likeness (QED) is 0.438. The van der Waals surface area contributed by atoms with Crippen molar-refractivity contribution in [2.45, 2.75) is 0 Å². The van der Waals surface area contributed by atoms with Crippen LogP contribution < -0.4 is 5.06 Å². The predicted octanol–water partition coefficient (Wildman–Crippen LogP) is 0.422. The van der Waals surface area contributed by atoms with E-state index in [1.54, 1.807) is 0 Å². The second-order valence-corrected chi connectivity index (χ2v) is 4.09. The van der Waals surface area contributed by atoms with Crippen molar-refractivity contribution in [3.05, 3.63) is 29.3 Å². The molecule has 0 spiro atoms. The fourth-order valence-electron chi connectivity index (χ4n) is 1.40. The highest BCUT2D eigenvalue weighted by Gasteiger charge is 2.16. The van der Waals surface area contributed by atoms with E-state index in [0.29, 0.717) is 0 Å². The van der Waals surface area contributed by atoms with Gasteiger partial charge < -0.3 is 14.0 Å². The number of hydrogen-bond acceptors (Lipinski definition) is 8. The van der Waals surface area contributed by atoms with Crippen molar-refractivity contribution in [1.29, 1.82) is 0 Å². The van der Waals surface area contributed by atoms with Gasteiger partial charge in [-0.2, -0.15) is 4.28 Å². The van der Waals surface area contributed by atoms with Crippen LogP contribution in [-0.2, 0) is 25.1 Å². The van der Waals surface area contributed by atoms with Crippen LogP contribution in [0.15, 0.2) is 18.2 Å². The molecule has 20 heavy (non-hydrogen) atoms. The van der Waals surface area contributed by atoms with Crippen molar-refractivity contribution in [2.75, 3.05) is 26.3 Å². The number of rotatable bonds is 5. The first-order valence-corrected chi connectivity index (χ1v) is 6.22. The Morgan fingerprint density at radius 2 is 1.55 bits per heavy atom. The second kappa shape index (κ2) is 6.98. The lowest BCUT2D eigenvalue weighted by molar-refractivity contribution is 0.0599. The molecule has 1 atom stereocenters. The molecule has 0 aliphatic carbocycles. The third kappa shape index (κ3) is 4.02. The Morgan fingerprint density at radius 3 is 1.90 bits per heavy atom. The van der Waals surface area contributed by atoms with Gasteiger partial charge >= 0.3 is 11.9 Å². The molecule has 0 saturated heterocycles. The number of ether oxygens (including phenoxy) is 2. The standard InChI is InChI=1S/C11H13NO7S/c1-12(19-20(15)16)9-5-7(10(13)17-2)4-8(6-9)11(14)18-3/h4-6H,1-3H3,(H,15,16)/p-1. The molecule has 0 saturated carbocycles. The summed E-state index contributed by atoms with van der Waals surface area (Å²) in [6.07, 6.45) is 0. The van der Waals surface area contributed by atoms with Gasteiger partial charge in [-0.15, -0.1) is 0 Å². The number of hydroxylamine groups is 1. The molecule has 1 aromatic rings. The van der Waals surface area contributed by atoms with Gasteiger partial charge in [0.25, 0.3) is 0 Å². The summed E-state index contributed by atoms with van der Waals surface area (Å²) in [4.78, 5) is 23.0. The van der Waals surface area contributed by atoms with Crippen LogP contribution in [0.2, 0.25) is 0 Å². The summed E-state index contributed by atoms with van der Waals surface area (Å²) >= 11 is -2.79. The van der Waals surface area contributed by atoms with Crippen LogP contribution in [0.25, 0.3) is 0 Å². The summed E-state index contributed by atoms with van der Waals surface area (Å²) in [7, 11) is 3.66. The maximum atomic E-state index is 11.5. The Balaban J connectivity index is 3.25. The van der Waals surface area contributed by atoms with Gasteiger partial charge in [-0.05, 0) is 18.2 Å². The Hall–Kier alpha value is -1.97. The molecule has 0 heterocycles. The molecule has 110 valence electrons. The van der Waals surface area contributed by atoms with Gasteiger partial charge in [-0.1, -0.05) is 0 Å². The summed E-state index contributed by atoms with van der Waals surface area (Å²) in [6.45, 7) is 0. The molecule has 0 radical (unpaired) electrons. The first kappa shape index (κ1) is 16.1. The van der Waals surface area contributed by atoms with Crippen molar-refractivity contribution in [3.8, 4) is 0 Å². The normalized spacial score (nSPS) is 11.6. The van der Waals surface area contributed by atoms with E-state index in [2.05, 4.69) is 13.8 Å². The number of carbonyl (C=O) groups is 2. The zero-order valence-electron chi connectivity index (χ0n) is 10.9. The number of esters is 2. The molecule has 1 aromatic carbocycles. The maximum absolute atomic E-state index is 11.5. The highest BCUT2D eigenvalue weighted by molar-refractivity contribution is 7.74. The molecule has 0 aliphatic heterocycles. The molecular formula is C11H12NO7S-. The molecule has 0 amide bonds. The minimum absolute atomic E-state index is 0.0533. The van der Waals surface area contributed by atoms with Crippen LogP contribution in [0, 0.1) is 0 Å². The SMILES string of the molecule is COC(=O)c1cc(C(=O)OC)cc(N(C)OS(=O)[O-])c1. The van der Waals surface area contributed by atoms with Crippen LogP contribution in [0.1, 0.15) is 20.7 Å². The van der Waals surface area contributed by atoms with E-state index in [0.717, 1.165) is 5.06 Å². The number of benzene rings is 1. The topological polar surface area (TPSA) is 105 Å². The molecule has 1 unspecified atom stereocenters. The minimum atomic E-state index is -2.79. The van der Waals surface area contributed by atoms with E-state index in [-0.39, 0.29) is 16.8 Å². The molecule has 9 heteroatoms. The zero-order chi connectivity index (χ0) is 15.3. The summed E-state index contributed by atoms with van der Waals surface area (Å²) in [5, 5.41) is 0.877. The monoisotopic (exact) mass is 302 g/mol. The Labute approximate surface area is 117 Å². The first-order valence-electron chi connectivity index (χ1n) is 5.22.